The van der Waals surface area contributed by atoms with Crippen LogP contribution in [0.2, 0.25) is 0 Å². The molecule has 1 aliphatic heterocycles. The van der Waals surface area contributed by atoms with E-state index in [2.05, 4.69) is 59.1 Å². The molecular formula is C23H21N3S2. The molecule has 140 valence electrons. The molecule has 1 aliphatic rings. The van der Waals surface area contributed by atoms with Crippen LogP contribution in [0.4, 0.5) is 0 Å². The molecule has 0 saturated carbocycles. The summed E-state index contributed by atoms with van der Waals surface area (Å²) in [4.78, 5) is 7.22. The Balaban J connectivity index is 1.67. The zero-order valence-corrected chi connectivity index (χ0v) is 17.4. The first-order valence-corrected chi connectivity index (χ1v) is 11.2. The Morgan fingerprint density at radius 2 is 2.14 bits per heavy atom. The number of fused-ring (bicyclic) bond motifs is 1. The summed E-state index contributed by atoms with van der Waals surface area (Å²) in [5, 5.41) is 15.0. The van der Waals surface area contributed by atoms with Crippen LogP contribution >= 0.6 is 23.1 Å². The van der Waals surface area contributed by atoms with Crippen LogP contribution in [0.5, 0.6) is 0 Å². The number of rotatable bonds is 5. The summed E-state index contributed by atoms with van der Waals surface area (Å²) in [7, 11) is 2.13. The minimum absolute atomic E-state index is 0.713. The topological polar surface area (TPSA) is 39.9 Å². The van der Waals surface area contributed by atoms with Crippen LogP contribution < -0.4 is 0 Å². The maximum absolute atomic E-state index is 9.97. The number of nitrogens with zero attached hydrogens (tertiary/aromatic N) is 3. The Morgan fingerprint density at radius 3 is 2.89 bits per heavy atom. The summed E-state index contributed by atoms with van der Waals surface area (Å²) >= 11 is 3.31. The molecule has 0 unspecified atom stereocenters. The van der Waals surface area contributed by atoms with Gasteiger partial charge in [-0.15, -0.1) is 11.8 Å². The fourth-order valence-electron chi connectivity index (χ4n) is 3.48. The van der Waals surface area contributed by atoms with Gasteiger partial charge in [-0.2, -0.15) is 16.6 Å². The molecule has 0 saturated heterocycles. The molecular weight excluding hydrogens is 382 g/mol. The molecule has 0 spiro atoms. The van der Waals surface area contributed by atoms with Crippen LogP contribution in [-0.4, -0.2) is 29.2 Å². The number of hydrogen-bond acceptors (Lipinski definition) is 5. The van der Waals surface area contributed by atoms with E-state index >= 15 is 0 Å². The van der Waals surface area contributed by atoms with Crippen LogP contribution in [-0.2, 0) is 13.0 Å². The third-order valence-corrected chi connectivity index (χ3v) is 6.47. The van der Waals surface area contributed by atoms with Crippen LogP contribution in [0, 0.1) is 11.3 Å². The van der Waals surface area contributed by atoms with Gasteiger partial charge >= 0.3 is 0 Å². The maximum Gasteiger partial charge on any atom is 0.115 e. The standard InChI is InChI=1S/C23H21N3S2/c1-26-11-9-21-20(15-26)22(18-10-13-27-16-18)19(14-24)23(25-21)28-12-5-8-17-6-3-2-4-7-17/h2-8,10,13,16H,9,11-12,15H2,1H3. The van der Waals surface area contributed by atoms with Crippen LogP contribution in [0.25, 0.3) is 17.2 Å². The van der Waals surface area contributed by atoms with Crippen molar-refractivity contribution in [2.75, 3.05) is 19.3 Å². The van der Waals surface area contributed by atoms with Gasteiger partial charge in [-0.3, -0.25) is 0 Å². The fourth-order valence-corrected chi connectivity index (χ4v) is 4.94. The predicted molar refractivity (Wildman–Crippen MR) is 119 cm³/mol. The number of pyridine rings is 1. The van der Waals surface area contributed by atoms with Gasteiger partial charge in [0.25, 0.3) is 0 Å². The third kappa shape index (κ3) is 4.05. The molecule has 2 aromatic heterocycles. The second kappa shape index (κ2) is 8.74. The average Bonchev–Trinajstić information content (AvgIpc) is 3.25. The van der Waals surface area contributed by atoms with E-state index in [9.17, 15) is 5.26 Å². The quantitative estimate of drug-likeness (QED) is 0.529. The molecule has 3 heterocycles. The first-order valence-electron chi connectivity index (χ1n) is 9.27. The van der Waals surface area contributed by atoms with Crippen molar-refractivity contribution in [1.29, 1.82) is 5.26 Å². The molecule has 0 N–H and O–H groups in total. The summed E-state index contributed by atoms with van der Waals surface area (Å²) in [6.07, 6.45) is 5.19. The van der Waals surface area contributed by atoms with Crippen molar-refractivity contribution in [3.8, 4) is 17.2 Å². The van der Waals surface area contributed by atoms with E-state index in [1.165, 1.54) is 11.1 Å². The lowest BCUT2D eigenvalue weighted by Gasteiger charge is -2.27. The van der Waals surface area contributed by atoms with Crippen molar-refractivity contribution in [2.45, 2.75) is 18.0 Å². The Bertz CT molecular complexity index is 1020. The first-order chi connectivity index (χ1) is 13.8. The molecule has 0 fully saturated rings. The van der Waals surface area contributed by atoms with E-state index in [1.54, 1.807) is 23.1 Å². The molecule has 5 heteroatoms. The Hall–Kier alpha value is -2.39. The molecule has 0 radical (unpaired) electrons. The normalized spacial score (nSPS) is 14.1. The van der Waals surface area contributed by atoms with E-state index in [0.717, 1.165) is 47.1 Å². The van der Waals surface area contributed by atoms with Gasteiger partial charge in [-0.05, 0) is 40.6 Å². The molecule has 4 rings (SSSR count). The van der Waals surface area contributed by atoms with Crippen molar-refractivity contribution < 1.29 is 0 Å². The lowest BCUT2D eigenvalue weighted by Crippen LogP contribution is -2.28. The van der Waals surface area contributed by atoms with Crippen molar-refractivity contribution in [1.82, 2.24) is 9.88 Å². The fraction of sp³-hybridized carbons (Fsp3) is 0.217. The van der Waals surface area contributed by atoms with Gasteiger partial charge in [-0.25, -0.2) is 4.98 Å². The highest BCUT2D eigenvalue weighted by molar-refractivity contribution is 7.99. The largest absolute Gasteiger partial charge is 0.302 e. The zero-order chi connectivity index (χ0) is 19.3. The highest BCUT2D eigenvalue weighted by Gasteiger charge is 2.24. The Kier molecular flexibility index (Phi) is 5.92. The van der Waals surface area contributed by atoms with E-state index in [1.807, 2.05) is 18.2 Å². The minimum atomic E-state index is 0.713. The van der Waals surface area contributed by atoms with Crippen LogP contribution in [0.3, 0.4) is 0 Å². The van der Waals surface area contributed by atoms with E-state index < -0.39 is 0 Å². The van der Waals surface area contributed by atoms with Crippen molar-refractivity contribution in [3.63, 3.8) is 0 Å². The summed E-state index contributed by atoms with van der Waals surface area (Å²) in [6.45, 7) is 1.86. The molecule has 0 bridgehead atoms. The lowest BCUT2D eigenvalue weighted by molar-refractivity contribution is 0.309. The van der Waals surface area contributed by atoms with Crippen molar-refractivity contribution in [2.24, 2.45) is 0 Å². The third-order valence-electron chi connectivity index (χ3n) is 4.86. The van der Waals surface area contributed by atoms with Gasteiger partial charge in [0, 0.05) is 36.5 Å². The molecule has 0 amide bonds. The smallest absolute Gasteiger partial charge is 0.115 e. The number of benzene rings is 1. The second-order valence-corrected chi connectivity index (χ2v) is 8.62. The number of likely N-dealkylation sites (N-methyl/N-ethyl adjacent to an activating group) is 1. The number of hydrogen-bond donors (Lipinski definition) is 0. The van der Waals surface area contributed by atoms with Gasteiger partial charge in [0.15, 0.2) is 0 Å². The van der Waals surface area contributed by atoms with Crippen LogP contribution in [0.1, 0.15) is 22.4 Å². The number of thiophene rings is 1. The predicted octanol–water partition coefficient (Wildman–Crippen LogP) is 5.48. The minimum Gasteiger partial charge on any atom is -0.302 e. The van der Waals surface area contributed by atoms with E-state index in [4.69, 9.17) is 4.98 Å². The summed E-state index contributed by atoms with van der Waals surface area (Å²) < 4.78 is 0. The maximum atomic E-state index is 9.97. The van der Waals surface area contributed by atoms with Gasteiger partial charge < -0.3 is 4.90 Å². The molecule has 0 aliphatic carbocycles. The molecule has 0 atom stereocenters. The average molecular weight is 404 g/mol. The highest BCUT2D eigenvalue weighted by Crippen LogP contribution is 2.37. The first kappa shape index (κ1) is 18.9. The van der Waals surface area contributed by atoms with Gasteiger partial charge in [-0.1, -0.05) is 42.5 Å². The summed E-state index contributed by atoms with van der Waals surface area (Å²) in [5.74, 6) is 0.790. The zero-order valence-electron chi connectivity index (χ0n) is 15.8. The van der Waals surface area contributed by atoms with Gasteiger partial charge in [0.1, 0.15) is 11.1 Å². The van der Waals surface area contributed by atoms with Crippen LogP contribution in [0.15, 0.2) is 58.3 Å². The van der Waals surface area contributed by atoms with Crippen molar-refractivity contribution in [3.05, 3.63) is 75.6 Å². The van der Waals surface area contributed by atoms with E-state index in [-0.39, 0.29) is 0 Å². The monoisotopic (exact) mass is 403 g/mol. The highest BCUT2D eigenvalue weighted by atomic mass is 32.2. The van der Waals surface area contributed by atoms with E-state index in [0.29, 0.717) is 5.56 Å². The SMILES string of the molecule is CN1CCc2nc(SCC=Cc3ccccc3)c(C#N)c(-c3ccsc3)c2C1. The Morgan fingerprint density at radius 1 is 1.29 bits per heavy atom. The summed E-state index contributed by atoms with van der Waals surface area (Å²) in [6, 6.07) is 14.8. The molecule has 3 aromatic rings. The molecule has 1 aromatic carbocycles. The van der Waals surface area contributed by atoms with Gasteiger partial charge in [0.2, 0.25) is 0 Å². The second-order valence-electron chi connectivity index (χ2n) is 6.83. The van der Waals surface area contributed by atoms with Gasteiger partial charge in [0.05, 0.1) is 5.56 Å². The molecule has 28 heavy (non-hydrogen) atoms. The lowest BCUT2D eigenvalue weighted by atomic mass is 9.93. The molecule has 3 nitrogen and oxygen atoms in total. The number of nitriles is 1. The summed E-state index contributed by atoms with van der Waals surface area (Å²) in [5.41, 5.74) is 6.47. The number of thioether (sulfide) groups is 1. The van der Waals surface area contributed by atoms with Crippen molar-refractivity contribution >= 4 is 29.2 Å². The number of aromatic nitrogens is 1. The Labute approximate surface area is 174 Å².